The first-order valence-electron chi connectivity index (χ1n) is 8.22. The van der Waals surface area contributed by atoms with Crippen molar-refractivity contribution in [3.8, 4) is 0 Å². The van der Waals surface area contributed by atoms with Gasteiger partial charge in [-0.3, -0.25) is 18.7 Å². The van der Waals surface area contributed by atoms with Gasteiger partial charge < -0.3 is 14.8 Å². The van der Waals surface area contributed by atoms with Crippen LogP contribution in [0.3, 0.4) is 0 Å². The fourth-order valence-electron chi connectivity index (χ4n) is 2.57. The number of hydrogen-bond acceptors (Lipinski definition) is 5. The molecule has 0 bridgehead atoms. The fourth-order valence-corrected chi connectivity index (χ4v) is 2.57. The molecule has 8 nitrogen and oxygen atoms in total. The summed E-state index contributed by atoms with van der Waals surface area (Å²) in [4.78, 5) is 36.3. The standard InChI is InChI=1S/C17H25N3O5/c1-11(2)5-8-25-14-10-24-7-6-12(14)18-16(22)13-9-15(21)20(4)17(23)19(13)3/h5,9,12,14H,6-8,10H2,1-4H3,(H,18,22)/t12-,14-/m1/s1. The number of allylic oxidation sites excluding steroid dienone is 1. The second kappa shape index (κ2) is 8.26. The molecule has 8 heteroatoms. The van der Waals surface area contributed by atoms with Gasteiger partial charge in [-0.15, -0.1) is 0 Å². The number of nitrogens with one attached hydrogen (secondary N) is 1. The van der Waals surface area contributed by atoms with Crippen LogP contribution in [0, 0.1) is 0 Å². The molecule has 1 fully saturated rings. The van der Waals surface area contributed by atoms with Crippen molar-refractivity contribution in [2.45, 2.75) is 32.4 Å². The van der Waals surface area contributed by atoms with Crippen LogP contribution < -0.4 is 16.6 Å². The third-order valence-electron chi connectivity index (χ3n) is 4.18. The van der Waals surface area contributed by atoms with Gasteiger partial charge in [-0.2, -0.15) is 0 Å². The van der Waals surface area contributed by atoms with E-state index in [4.69, 9.17) is 9.47 Å². The Morgan fingerprint density at radius 3 is 2.76 bits per heavy atom. The molecular formula is C17H25N3O5. The van der Waals surface area contributed by atoms with Crippen molar-refractivity contribution in [1.82, 2.24) is 14.5 Å². The monoisotopic (exact) mass is 351 g/mol. The summed E-state index contributed by atoms with van der Waals surface area (Å²) < 4.78 is 13.3. The number of aromatic nitrogens is 2. The predicted molar refractivity (Wildman–Crippen MR) is 92.8 cm³/mol. The summed E-state index contributed by atoms with van der Waals surface area (Å²) in [6, 6.07) is 0.917. The van der Waals surface area contributed by atoms with Crippen LogP contribution in [-0.2, 0) is 23.6 Å². The van der Waals surface area contributed by atoms with E-state index in [2.05, 4.69) is 5.32 Å². The second-order valence-corrected chi connectivity index (χ2v) is 6.37. The van der Waals surface area contributed by atoms with Crippen LogP contribution in [0.15, 0.2) is 27.3 Å². The third kappa shape index (κ3) is 4.67. The van der Waals surface area contributed by atoms with E-state index < -0.39 is 17.2 Å². The van der Waals surface area contributed by atoms with Crippen LogP contribution in [0.25, 0.3) is 0 Å². The average Bonchev–Trinajstić information content (AvgIpc) is 2.57. The van der Waals surface area contributed by atoms with E-state index in [1.54, 1.807) is 0 Å². The molecule has 0 spiro atoms. The summed E-state index contributed by atoms with van der Waals surface area (Å²) in [7, 11) is 2.83. The molecule has 138 valence electrons. The lowest BCUT2D eigenvalue weighted by Crippen LogP contribution is -2.51. The maximum Gasteiger partial charge on any atom is 0.331 e. The molecule has 0 saturated carbocycles. The van der Waals surface area contributed by atoms with E-state index >= 15 is 0 Å². The van der Waals surface area contributed by atoms with Crippen molar-refractivity contribution < 1.29 is 14.3 Å². The molecule has 1 aliphatic rings. The first-order chi connectivity index (χ1) is 11.8. The molecule has 1 aromatic heterocycles. The summed E-state index contributed by atoms with van der Waals surface area (Å²) in [6.07, 6.45) is 2.28. The maximum atomic E-state index is 12.5. The highest BCUT2D eigenvalue weighted by atomic mass is 16.5. The number of hydrogen-bond donors (Lipinski definition) is 1. The topological polar surface area (TPSA) is 91.6 Å². The lowest BCUT2D eigenvalue weighted by atomic mass is 10.1. The average molecular weight is 351 g/mol. The lowest BCUT2D eigenvalue weighted by molar-refractivity contribution is -0.0589. The summed E-state index contributed by atoms with van der Waals surface area (Å²) in [5.41, 5.74) is 0.118. The minimum absolute atomic E-state index is 0.0302. The van der Waals surface area contributed by atoms with Crippen molar-refractivity contribution >= 4 is 5.91 Å². The van der Waals surface area contributed by atoms with Gasteiger partial charge in [0.25, 0.3) is 11.5 Å². The Morgan fingerprint density at radius 2 is 2.08 bits per heavy atom. The van der Waals surface area contributed by atoms with Crippen LogP contribution in [-0.4, -0.2) is 47.0 Å². The number of carbonyl (C=O) groups is 1. The Morgan fingerprint density at radius 1 is 1.36 bits per heavy atom. The van der Waals surface area contributed by atoms with Gasteiger partial charge in [0.05, 0.1) is 19.3 Å². The number of carbonyl (C=O) groups excluding carboxylic acids is 1. The zero-order valence-corrected chi connectivity index (χ0v) is 15.1. The molecule has 0 aliphatic carbocycles. The molecule has 2 atom stereocenters. The number of nitrogens with zero attached hydrogens (tertiary/aromatic N) is 2. The Balaban J connectivity index is 2.14. The zero-order valence-electron chi connectivity index (χ0n) is 15.1. The van der Waals surface area contributed by atoms with Gasteiger partial charge in [0, 0.05) is 26.8 Å². The van der Waals surface area contributed by atoms with Crippen molar-refractivity contribution in [3.05, 3.63) is 44.2 Å². The van der Waals surface area contributed by atoms with Gasteiger partial charge in [-0.05, 0) is 20.3 Å². The minimum Gasteiger partial charge on any atom is -0.379 e. The van der Waals surface area contributed by atoms with Gasteiger partial charge in [0.2, 0.25) is 0 Å². The van der Waals surface area contributed by atoms with Crippen LogP contribution in [0.5, 0.6) is 0 Å². The van der Waals surface area contributed by atoms with Crippen LogP contribution >= 0.6 is 0 Å². The minimum atomic E-state index is -0.541. The van der Waals surface area contributed by atoms with Crippen LogP contribution in [0.2, 0.25) is 0 Å². The normalized spacial score (nSPS) is 20.2. The van der Waals surface area contributed by atoms with Crippen molar-refractivity contribution in [1.29, 1.82) is 0 Å². The van der Waals surface area contributed by atoms with Gasteiger partial charge >= 0.3 is 5.69 Å². The fraction of sp³-hybridized carbons (Fsp3) is 0.588. The van der Waals surface area contributed by atoms with Crippen molar-refractivity contribution in [3.63, 3.8) is 0 Å². The molecule has 0 radical (unpaired) electrons. The SMILES string of the molecule is CC(C)=CCO[C@@H]1COCC[C@H]1NC(=O)c1cc(=O)n(C)c(=O)n1C. The summed E-state index contributed by atoms with van der Waals surface area (Å²) in [6.45, 7) is 5.31. The predicted octanol–water partition coefficient (Wildman–Crippen LogP) is -0.0459. The molecular weight excluding hydrogens is 326 g/mol. The smallest absolute Gasteiger partial charge is 0.331 e. The van der Waals surface area contributed by atoms with E-state index in [9.17, 15) is 14.4 Å². The Kier molecular flexibility index (Phi) is 6.33. The third-order valence-corrected chi connectivity index (χ3v) is 4.18. The molecule has 0 aromatic carbocycles. The summed E-state index contributed by atoms with van der Waals surface area (Å²) >= 11 is 0. The molecule has 1 amide bonds. The molecule has 0 unspecified atom stereocenters. The van der Waals surface area contributed by atoms with E-state index in [0.717, 1.165) is 20.8 Å². The van der Waals surface area contributed by atoms with E-state index in [0.29, 0.717) is 26.2 Å². The first kappa shape index (κ1) is 19.1. The van der Waals surface area contributed by atoms with E-state index in [1.165, 1.54) is 14.1 Å². The molecule has 2 heterocycles. The van der Waals surface area contributed by atoms with E-state index in [1.807, 2.05) is 19.9 Å². The van der Waals surface area contributed by atoms with Gasteiger partial charge in [0.15, 0.2) is 0 Å². The maximum absolute atomic E-state index is 12.5. The van der Waals surface area contributed by atoms with Gasteiger partial charge in [-0.25, -0.2) is 4.79 Å². The summed E-state index contributed by atoms with van der Waals surface area (Å²) in [5, 5.41) is 2.87. The van der Waals surface area contributed by atoms with Gasteiger partial charge in [-0.1, -0.05) is 11.6 Å². The highest BCUT2D eigenvalue weighted by Gasteiger charge is 2.29. The van der Waals surface area contributed by atoms with Crippen LogP contribution in [0.4, 0.5) is 0 Å². The Hall–Kier alpha value is -2.19. The molecule has 1 aliphatic heterocycles. The number of ether oxygens (including phenoxy) is 2. The number of amides is 1. The first-order valence-corrected chi connectivity index (χ1v) is 8.22. The molecule has 1 N–H and O–H groups in total. The second-order valence-electron chi connectivity index (χ2n) is 6.37. The quantitative estimate of drug-likeness (QED) is 0.751. The summed E-state index contributed by atoms with van der Waals surface area (Å²) in [5.74, 6) is -0.472. The van der Waals surface area contributed by atoms with Crippen molar-refractivity contribution in [2.24, 2.45) is 14.1 Å². The Labute approximate surface area is 146 Å². The van der Waals surface area contributed by atoms with Crippen LogP contribution in [0.1, 0.15) is 30.8 Å². The number of rotatable bonds is 5. The zero-order chi connectivity index (χ0) is 18.6. The lowest BCUT2D eigenvalue weighted by Gasteiger charge is -2.32. The molecule has 2 rings (SSSR count). The molecule has 1 aromatic rings. The highest BCUT2D eigenvalue weighted by molar-refractivity contribution is 5.92. The van der Waals surface area contributed by atoms with Gasteiger partial charge in [0.1, 0.15) is 11.8 Å². The van der Waals surface area contributed by atoms with E-state index in [-0.39, 0.29) is 17.8 Å². The molecule has 25 heavy (non-hydrogen) atoms. The highest BCUT2D eigenvalue weighted by Crippen LogP contribution is 2.12. The molecule has 1 saturated heterocycles. The largest absolute Gasteiger partial charge is 0.379 e. The van der Waals surface area contributed by atoms with Crippen molar-refractivity contribution in [2.75, 3.05) is 19.8 Å². The Bertz CT molecular complexity index is 773.